The second-order valence-corrected chi connectivity index (χ2v) is 17.6. The third kappa shape index (κ3) is 9.87. The van der Waals surface area contributed by atoms with Crippen LogP contribution in [0.5, 0.6) is 11.5 Å². The summed E-state index contributed by atoms with van der Waals surface area (Å²) >= 11 is 0. The van der Waals surface area contributed by atoms with E-state index in [-0.39, 0.29) is 38.2 Å². The fourth-order valence-electron chi connectivity index (χ4n) is 5.52. The first-order valence-electron chi connectivity index (χ1n) is 14.3. The number of hydrogen-bond acceptors (Lipinski definition) is 2. The van der Waals surface area contributed by atoms with Crippen molar-refractivity contribution in [2.75, 3.05) is 14.2 Å². The molecule has 0 radical (unpaired) electrons. The monoisotopic (exact) mass is 650 g/mol. The van der Waals surface area contributed by atoms with Crippen LogP contribution in [0.3, 0.4) is 0 Å². The van der Waals surface area contributed by atoms with E-state index in [1.54, 1.807) is 0 Å². The van der Waals surface area contributed by atoms with Gasteiger partial charge in [0.25, 0.3) is 0 Å². The molecule has 0 aliphatic carbocycles. The molecule has 0 aliphatic rings. The van der Waals surface area contributed by atoms with E-state index < -0.39 is 7.92 Å². The smallest absolute Gasteiger partial charge is 0.496 e. The van der Waals surface area contributed by atoms with E-state index in [4.69, 9.17) is 9.47 Å². The van der Waals surface area contributed by atoms with Gasteiger partial charge < -0.3 is 16.9 Å². The molecule has 226 valence electrons. The molecule has 0 saturated carbocycles. The third-order valence-electron chi connectivity index (χ3n) is 6.70. The van der Waals surface area contributed by atoms with Crippen molar-refractivity contribution in [3.8, 4) is 22.6 Å². The van der Waals surface area contributed by atoms with Crippen LogP contribution >= 0.6 is 7.92 Å². The van der Waals surface area contributed by atoms with Crippen LogP contribution in [0.1, 0.15) is 138 Å². The summed E-state index contributed by atoms with van der Waals surface area (Å²) in [5.74, 6) is 3.23. The molecule has 0 fully saturated rings. The molecular weight excluding hydrogens is 590 g/mol. The van der Waals surface area contributed by atoms with E-state index in [0.29, 0.717) is 17.8 Å². The summed E-state index contributed by atoms with van der Waals surface area (Å²) in [7, 11) is 2.50. The minimum absolute atomic E-state index is 0. The number of ether oxygens (including phenoxy) is 2. The number of hydrogen-bond donors (Lipinski definition) is 0. The molecule has 2 nitrogen and oxygen atoms in total. The summed E-state index contributed by atoms with van der Waals surface area (Å²) < 4.78 is 12.2. The van der Waals surface area contributed by atoms with Gasteiger partial charge in [-0.1, -0.05) is 73.9 Å². The maximum atomic E-state index is 6.12. The van der Waals surface area contributed by atoms with Crippen LogP contribution in [-0.4, -0.2) is 24.5 Å². The van der Waals surface area contributed by atoms with Gasteiger partial charge in [-0.3, -0.25) is 0 Å². The molecule has 2 rings (SSSR count). The van der Waals surface area contributed by atoms with Crippen LogP contribution in [0.15, 0.2) is 24.3 Å². The van der Waals surface area contributed by atoms with Gasteiger partial charge in [-0.2, -0.15) is 0 Å². The van der Waals surface area contributed by atoms with Crippen LogP contribution in [0.4, 0.5) is 0 Å². The molecule has 0 amide bonds. The summed E-state index contributed by atoms with van der Waals surface area (Å²) in [4.78, 5) is 0. The van der Waals surface area contributed by atoms with Crippen LogP contribution in [0.25, 0.3) is 11.1 Å². The van der Waals surface area contributed by atoms with Gasteiger partial charge in [0.05, 0.1) is 30.1 Å². The Morgan fingerprint density at radius 2 is 1.03 bits per heavy atom. The van der Waals surface area contributed by atoms with Crippen molar-refractivity contribution in [1.82, 2.24) is 0 Å². The minimum Gasteiger partial charge on any atom is -0.496 e. The fourth-order valence-corrected chi connectivity index (χ4v) is 10.2. The first-order valence-corrected chi connectivity index (χ1v) is 15.8. The van der Waals surface area contributed by atoms with Crippen LogP contribution in [0.2, 0.25) is 0 Å². The zero-order valence-corrected chi connectivity index (χ0v) is 30.9. The van der Waals surface area contributed by atoms with Crippen molar-refractivity contribution in [1.29, 1.82) is 0 Å². The van der Waals surface area contributed by atoms with Gasteiger partial charge in [0.2, 0.25) is 0 Å². The Kier molecular flexibility index (Phi) is 17.1. The van der Waals surface area contributed by atoms with E-state index in [0.717, 1.165) is 11.5 Å². The molecule has 0 spiro atoms. The first kappa shape index (κ1) is 40.3. The van der Waals surface area contributed by atoms with Gasteiger partial charge in [-0.25, -0.2) is 0 Å². The van der Waals surface area contributed by atoms with Gasteiger partial charge in [0, 0.05) is 7.92 Å². The van der Waals surface area contributed by atoms with Crippen molar-refractivity contribution in [3.63, 3.8) is 0 Å². The second kappa shape index (κ2) is 16.5. The van der Waals surface area contributed by atoms with Gasteiger partial charge in [0.1, 0.15) is 11.1 Å². The van der Waals surface area contributed by atoms with Crippen molar-refractivity contribution in [3.05, 3.63) is 48.4 Å². The average Bonchev–Trinajstić information content (AvgIpc) is 2.76. The summed E-state index contributed by atoms with van der Waals surface area (Å²) in [5.41, 5.74) is 6.84. The molecule has 2 aromatic carbocycles. The Balaban J connectivity index is 0. The van der Waals surface area contributed by atoms with E-state index in [9.17, 15) is 0 Å². The van der Waals surface area contributed by atoms with Crippen LogP contribution in [0, 0.1) is 7.43 Å². The summed E-state index contributed by atoms with van der Waals surface area (Å²) in [6.45, 7) is 32.5. The minimum atomic E-state index is -1.12. The fraction of sp³-hybridized carbons (Fsp3) is 0.629. The zero-order valence-electron chi connectivity index (χ0n) is 28.4. The molecule has 0 saturated heterocycles. The first-order chi connectivity index (χ1) is 17.0. The Bertz CT molecular complexity index is 968. The zero-order chi connectivity index (χ0) is 28.9. The quantitative estimate of drug-likeness (QED) is 0.169. The molecular formula is C35H61O2PPd+2. The third-order valence-corrected chi connectivity index (χ3v) is 10.7. The predicted octanol–water partition coefficient (Wildman–Crippen LogP) is 11.0. The summed E-state index contributed by atoms with van der Waals surface area (Å²) in [5, 5.41) is 1.63. The van der Waals surface area contributed by atoms with E-state index in [1.807, 2.05) is 14.2 Å². The number of rotatable bonds is 7. The molecule has 0 N–H and O–H groups in total. The molecule has 2 aromatic rings. The van der Waals surface area contributed by atoms with Crippen molar-refractivity contribution < 1.29 is 29.9 Å². The maximum absolute atomic E-state index is 6.12. The summed E-state index contributed by atoms with van der Waals surface area (Å²) in [6.07, 6.45) is 1.25. The van der Waals surface area contributed by atoms with Gasteiger partial charge >= 0.3 is 20.4 Å². The number of methoxy groups -OCH3 is 2. The maximum Gasteiger partial charge on any atom is 2.00 e. The van der Waals surface area contributed by atoms with Gasteiger partial charge in [-0.15, -0.1) is 0 Å². The summed E-state index contributed by atoms with van der Waals surface area (Å²) in [6, 6.07) is 9.11. The SMILES string of the molecule is CCC.COc1ccc(OC)c([PH+](C(C)(C)C)C(C)(C)C)c1-c1c(C(C)C)cc(C(C)C)cc1C(C)C.[CH3-].[Pd+2]. The van der Waals surface area contributed by atoms with Crippen molar-refractivity contribution in [2.45, 2.75) is 131 Å². The topological polar surface area (TPSA) is 18.5 Å². The molecule has 0 aliphatic heterocycles. The van der Waals surface area contributed by atoms with Crippen LogP contribution in [-0.2, 0) is 20.4 Å². The molecule has 39 heavy (non-hydrogen) atoms. The normalized spacial score (nSPS) is 11.7. The predicted molar refractivity (Wildman–Crippen MR) is 177 cm³/mol. The molecule has 0 heterocycles. The Labute approximate surface area is 258 Å². The molecule has 0 aromatic heterocycles. The Morgan fingerprint density at radius 3 is 1.31 bits per heavy atom. The molecule has 0 bridgehead atoms. The standard InChI is InChI=1S/C31H49O2P.C3H8.CH3.Pd/c1-19(2)22-17-23(20(3)4)27(24(18-22)21(5)6)28-25(32-13)15-16-26(33-14)29(28)34(30(7,8)9)31(10,11)12;1-3-2;;/h15-21H,1-14H3;3H2,1-2H3;1H3;/q;;-1;+2/p+1. The molecule has 4 heteroatoms. The van der Waals surface area contributed by atoms with E-state index >= 15 is 0 Å². The largest absolute Gasteiger partial charge is 2.00 e. The number of benzene rings is 2. The van der Waals surface area contributed by atoms with Crippen molar-refractivity contribution in [2.24, 2.45) is 0 Å². The van der Waals surface area contributed by atoms with E-state index in [2.05, 4.69) is 121 Å². The van der Waals surface area contributed by atoms with Crippen LogP contribution < -0.4 is 14.8 Å². The van der Waals surface area contributed by atoms with Gasteiger partial charge in [0.15, 0.2) is 5.75 Å². The average molecular weight is 651 g/mol. The second-order valence-electron chi connectivity index (χ2n) is 13.3. The molecule has 0 atom stereocenters. The Morgan fingerprint density at radius 1 is 0.667 bits per heavy atom. The Hall–Kier alpha value is -0.868. The van der Waals surface area contributed by atoms with E-state index in [1.165, 1.54) is 39.5 Å². The molecule has 0 unspecified atom stereocenters. The van der Waals surface area contributed by atoms with Crippen molar-refractivity contribution >= 4 is 13.2 Å². The van der Waals surface area contributed by atoms with Gasteiger partial charge in [-0.05, 0) is 93.7 Å².